The minimum Gasteiger partial charge on any atom is -0.508 e. The molecular formula is C32H32F4N6O3. The number of halogens is 4. The maximum atomic E-state index is 16.8. The Balaban J connectivity index is 1.32. The Morgan fingerprint density at radius 3 is 2.82 bits per heavy atom. The van der Waals surface area contributed by atoms with Crippen LogP contribution >= 0.6 is 0 Å². The van der Waals surface area contributed by atoms with E-state index in [1.165, 1.54) is 12.1 Å². The molecule has 4 aliphatic rings. The molecule has 2 aromatic carbocycles. The van der Waals surface area contributed by atoms with Crippen LogP contribution in [0.2, 0.25) is 0 Å². The molecule has 4 atom stereocenters. The molecule has 4 aromatic rings. The maximum Gasteiger partial charge on any atom is 0.319 e. The van der Waals surface area contributed by atoms with Crippen LogP contribution in [0, 0.1) is 17.5 Å². The summed E-state index contributed by atoms with van der Waals surface area (Å²) in [6.07, 6.45) is 1.96. The molecule has 4 aliphatic heterocycles. The van der Waals surface area contributed by atoms with Crippen molar-refractivity contribution in [3.05, 3.63) is 41.7 Å². The Labute approximate surface area is 256 Å². The number of pyridine rings is 1. The van der Waals surface area contributed by atoms with Gasteiger partial charge in [-0.1, -0.05) is 13.0 Å². The predicted octanol–water partition coefficient (Wildman–Crippen LogP) is 4.87. The molecule has 0 saturated carbocycles. The van der Waals surface area contributed by atoms with Gasteiger partial charge >= 0.3 is 6.01 Å². The van der Waals surface area contributed by atoms with Gasteiger partial charge in [-0.15, -0.1) is 0 Å². The van der Waals surface area contributed by atoms with Gasteiger partial charge in [-0.2, -0.15) is 9.97 Å². The van der Waals surface area contributed by atoms with Crippen molar-refractivity contribution in [2.75, 3.05) is 44.3 Å². The van der Waals surface area contributed by atoms with Crippen molar-refractivity contribution in [3.8, 4) is 28.9 Å². The van der Waals surface area contributed by atoms with Crippen LogP contribution in [0.5, 0.6) is 17.6 Å². The lowest BCUT2D eigenvalue weighted by molar-refractivity contribution is 0.107. The van der Waals surface area contributed by atoms with E-state index >= 15 is 8.78 Å². The Bertz CT molecular complexity index is 1850. The number of aromatic hydroxyl groups is 1. The second-order valence-electron chi connectivity index (χ2n) is 12.6. The number of phenols is 1. The molecule has 8 rings (SSSR count). The van der Waals surface area contributed by atoms with Crippen molar-refractivity contribution in [2.24, 2.45) is 0 Å². The second-order valence-corrected chi connectivity index (χ2v) is 12.6. The molecule has 45 heavy (non-hydrogen) atoms. The van der Waals surface area contributed by atoms with Crippen molar-refractivity contribution in [2.45, 2.75) is 56.4 Å². The highest BCUT2D eigenvalue weighted by Gasteiger charge is 2.49. The molecule has 6 heterocycles. The van der Waals surface area contributed by atoms with Gasteiger partial charge in [-0.05, 0) is 49.4 Å². The van der Waals surface area contributed by atoms with Crippen LogP contribution in [0.4, 0.5) is 23.4 Å². The van der Waals surface area contributed by atoms with Crippen LogP contribution in [0.25, 0.3) is 32.9 Å². The summed E-state index contributed by atoms with van der Waals surface area (Å²) in [7, 11) is 0. The average Bonchev–Trinajstić information content (AvgIpc) is 3.51. The molecule has 236 valence electrons. The summed E-state index contributed by atoms with van der Waals surface area (Å²) >= 11 is 0. The van der Waals surface area contributed by atoms with Crippen molar-refractivity contribution >= 4 is 27.5 Å². The van der Waals surface area contributed by atoms with E-state index in [2.05, 4.69) is 32.0 Å². The number of nitrogens with zero attached hydrogens (tertiary/aromatic N) is 5. The number of nitrogens with one attached hydrogen (secondary N) is 1. The topological polar surface area (TPSA) is 95.9 Å². The molecule has 0 amide bonds. The molecule has 0 spiro atoms. The number of aromatic nitrogens is 3. The number of hydrogen-bond donors (Lipinski definition) is 2. The summed E-state index contributed by atoms with van der Waals surface area (Å²) in [4.78, 5) is 18.0. The Hall–Kier alpha value is -3.97. The summed E-state index contributed by atoms with van der Waals surface area (Å²) in [5, 5.41) is 14.2. The first-order valence-electron chi connectivity index (χ1n) is 15.4. The third kappa shape index (κ3) is 4.53. The zero-order chi connectivity index (χ0) is 31.0. The first kappa shape index (κ1) is 28.5. The largest absolute Gasteiger partial charge is 0.508 e. The number of anilines is 1. The van der Waals surface area contributed by atoms with Gasteiger partial charge in [0, 0.05) is 43.0 Å². The van der Waals surface area contributed by atoms with E-state index in [4.69, 9.17) is 14.5 Å². The smallest absolute Gasteiger partial charge is 0.319 e. The number of ether oxygens (including phenoxy) is 2. The van der Waals surface area contributed by atoms with Gasteiger partial charge in [-0.3, -0.25) is 4.90 Å². The summed E-state index contributed by atoms with van der Waals surface area (Å²) in [5.41, 5.74) is -1.15. The number of fused-ring (bicyclic) bond motifs is 4. The van der Waals surface area contributed by atoms with Gasteiger partial charge in [0.25, 0.3) is 0 Å². The van der Waals surface area contributed by atoms with E-state index < -0.39 is 29.2 Å². The quantitative estimate of drug-likeness (QED) is 0.302. The molecule has 0 radical (unpaired) electrons. The Kier molecular flexibility index (Phi) is 6.68. The zero-order valence-electron chi connectivity index (χ0n) is 24.6. The van der Waals surface area contributed by atoms with Crippen LogP contribution in [-0.2, 0) is 0 Å². The van der Waals surface area contributed by atoms with Crippen molar-refractivity contribution in [3.63, 3.8) is 0 Å². The highest BCUT2D eigenvalue weighted by molar-refractivity contribution is 6.02. The number of rotatable bonds is 5. The van der Waals surface area contributed by atoms with Crippen LogP contribution in [0.1, 0.15) is 32.6 Å². The fraction of sp³-hybridized carbons (Fsp3) is 0.469. The minimum atomic E-state index is -1.19. The average molecular weight is 625 g/mol. The van der Waals surface area contributed by atoms with E-state index in [0.29, 0.717) is 31.9 Å². The molecule has 2 unspecified atom stereocenters. The molecule has 3 fully saturated rings. The van der Waals surface area contributed by atoms with E-state index in [9.17, 15) is 13.9 Å². The molecule has 0 aliphatic carbocycles. The lowest BCUT2D eigenvalue weighted by Crippen LogP contribution is -2.58. The molecule has 2 aromatic heterocycles. The third-order valence-electron chi connectivity index (χ3n) is 9.87. The molecule has 9 nitrogen and oxygen atoms in total. The lowest BCUT2D eigenvalue weighted by Gasteiger charge is -2.39. The van der Waals surface area contributed by atoms with Gasteiger partial charge in [0.2, 0.25) is 5.88 Å². The standard InChI is InChI=1S/C32H32F4N6O3/c1-2-18-13-42-19(11-37-18)14-44-30-24-28(39-31(40-29(24)42)45-15-32-6-3-7-41(32)12-17(33)10-32)26(36)27(38-30)21-9-20(43)8-16-4-5-22(34)25(35)23(16)21/h4-5,8-9,17-19,37,43H,2-3,6-7,10-15H2,1H3/t17-,18?,19+,32?/m0/s1. The van der Waals surface area contributed by atoms with Crippen LogP contribution in [-0.4, -0.2) is 88.1 Å². The minimum absolute atomic E-state index is 0.0373. The van der Waals surface area contributed by atoms with E-state index in [-0.39, 0.29) is 75.9 Å². The third-order valence-corrected chi connectivity index (χ3v) is 9.87. The number of benzene rings is 2. The van der Waals surface area contributed by atoms with Gasteiger partial charge in [0.1, 0.15) is 47.5 Å². The van der Waals surface area contributed by atoms with E-state index in [1.54, 1.807) is 0 Å². The maximum absolute atomic E-state index is 16.8. The summed E-state index contributed by atoms with van der Waals surface area (Å²) in [6.45, 7) is 4.71. The first-order valence-corrected chi connectivity index (χ1v) is 15.4. The van der Waals surface area contributed by atoms with Gasteiger partial charge in [0.15, 0.2) is 17.5 Å². The fourth-order valence-electron chi connectivity index (χ4n) is 7.59. The number of phenolic OH excluding ortho intramolecular Hbond substituents is 1. The van der Waals surface area contributed by atoms with Gasteiger partial charge in [-0.25, -0.2) is 22.5 Å². The summed E-state index contributed by atoms with van der Waals surface area (Å²) in [6, 6.07) is 4.57. The summed E-state index contributed by atoms with van der Waals surface area (Å²) < 4.78 is 73.3. The second kappa shape index (κ2) is 10.5. The first-order chi connectivity index (χ1) is 21.7. The lowest BCUT2D eigenvalue weighted by atomic mass is 9.95. The molecule has 3 saturated heterocycles. The van der Waals surface area contributed by atoms with Crippen LogP contribution in [0.15, 0.2) is 24.3 Å². The van der Waals surface area contributed by atoms with Crippen LogP contribution < -0.4 is 19.7 Å². The monoisotopic (exact) mass is 624 g/mol. The summed E-state index contributed by atoms with van der Waals surface area (Å²) in [5.74, 6) is -3.08. The predicted molar refractivity (Wildman–Crippen MR) is 159 cm³/mol. The molecule has 0 bridgehead atoms. The highest BCUT2D eigenvalue weighted by Crippen LogP contribution is 2.44. The molecular weight excluding hydrogens is 592 g/mol. The van der Waals surface area contributed by atoms with Crippen molar-refractivity contribution < 1.29 is 32.1 Å². The Morgan fingerprint density at radius 1 is 1.11 bits per heavy atom. The molecule has 13 heteroatoms. The zero-order valence-corrected chi connectivity index (χ0v) is 24.6. The van der Waals surface area contributed by atoms with E-state index in [0.717, 1.165) is 37.9 Å². The number of piperazine rings is 1. The van der Waals surface area contributed by atoms with Crippen molar-refractivity contribution in [1.29, 1.82) is 0 Å². The van der Waals surface area contributed by atoms with Crippen molar-refractivity contribution in [1.82, 2.24) is 25.2 Å². The van der Waals surface area contributed by atoms with E-state index in [1.807, 2.05) is 0 Å². The van der Waals surface area contributed by atoms with Gasteiger partial charge in [0.05, 0.1) is 11.6 Å². The van der Waals surface area contributed by atoms with Gasteiger partial charge < -0.3 is 24.8 Å². The SMILES string of the molecule is CCC1CN2c3nc(OCC45CCCN4C[C@@H](F)C5)nc4c(F)c(-c5cc(O)cc6ccc(F)c(F)c56)nc(c34)OC[C@H]2CN1. The highest BCUT2D eigenvalue weighted by atomic mass is 19.2. The fourth-order valence-corrected chi connectivity index (χ4v) is 7.59. The normalized spacial score (nSPS) is 26.2. The molecule has 2 N–H and O–H groups in total. The number of hydrogen-bond acceptors (Lipinski definition) is 9. The number of alkyl halides is 1. The van der Waals surface area contributed by atoms with Crippen LogP contribution in [0.3, 0.4) is 0 Å². The Morgan fingerprint density at radius 2 is 1.98 bits per heavy atom.